The molecule has 0 heterocycles. The Balaban J connectivity index is 1.91. The van der Waals surface area contributed by atoms with E-state index >= 15 is 0 Å². The molecule has 0 saturated heterocycles. The number of nitro benzene ring substituents is 1. The van der Waals surface area contributed by atoms with E-state index in [1.54, 1.807) is 0 Å². The smallest absolute Gasteiger partial charge is 0.416 e. The lowest BCUT2D eigenvalue weighted by molar-refractivity contribution is -0.385. The number of alkyl halides is 3. The van der Waals surface area contributed by atoms with Gasteiger partial charge >= 0.3 is 11.9 Å². The fourth-order valence-corrected chi connectivity index (χ4v) is 1.94. The minimum atomic E-state index is -4.61. The Morgan fingerprint density at radius 1 is 1.07 bits per heavy atom. The van der Waals surface area contributed by atoms with Gasteiger partial charge in [-0.05, 0) is 24.3 Å². The van der Waals surface area contributed by atoms with Crippen molar-refractivity contribution in [1.82, 2.24) is 10.9 Å². The van der Waals surface area contributed by atoms with Crippen LogP contribution in [-0.4, -0.2) is 23.3 Å². The van der Waals surface area contributed by atoms with Crippen molar-refractivity contribution in [1.29, 1.82) is 0 Å². The number of nitro groups is 1. The zero-order valence-corrected chi connectivity index (χ0v) is 13.4. The molecule has 2 rings (SSSR count). The normalized spacial score (nSPS) is 10.8. The second-order valence-corrected chi connectivity index (χ2v) is 5.09. The molecular formula is C16H12F3N3O5. The van der Waals surface area contributed by atoms with Gasteiger partial charge in [0.15, 0.2) is 12.4 Å². The van der Waals surface area contributed by atoms with Crippen molar-refractivity contribution < 1.29 is 32.4 Å². The third-order valence-electron chi connectivity index (χ3n) is 3.19. The van der Waals surface area contributed by atoms with Gasteiger partial charge in [0.25, 0.3) is 11.8 Å². The van der Waals surface area contributed by atoms with Crippen LogP contribution in [0, 0.1) is 10.1 Å². The van der Waals surface area contributed by atoms with Gasteiger partial charge in [0, 0.05) is 11.6 Å². The Kier molecular flexibility index (Phi) is 5.96. The molecule has 0 aromatic heterocycles. The molecule has 0 bridgehead atoms. The van der Waals surface area contributed by atoms with Crippen LogP contribution in [0.4, 0.5) is 18.9 Å². The van der Waals surface area contributed by atoms with Gasteiger partial charge in [-0.15, -0.1) is 0 Å². The summed E-state index contributed by atoms with van der Waals surface area (Å²) in [4.78, 5) is 33.6. The summed E-state index contributed by atoms with van der Waals surface area (Å²) in [5.41, 5.74) is 2.20. The highest BCUT2D eigenvalue weighted by molar-refractivity contribution is 5.95. The summed E-state index contributed by atoms with van der Waals surface area (Å²) in [5, 5.41) is 10.8. The monoisotopic (exact) mass is 383 g/mol. The van der Waals surface area contributed by atoms with E-state index in [1.807, 2.05) is 10.9 Å². The Labute approximate surface area is 150 Å². The van der Waals surface area contributed by atoms with E-state index in [4.69, 9.17) is 4.74 Å². The number of carbonyl (C=O) groups is 2. The highest BCUT2D eigenvalue weighted by atomic mass is 19.4. The first-order valence-corrected chi connectivity index (χ1v) is 7.31. The van der Waals surface area contributed by atoms with Crippen LogP contribution in [0.15, 0.2) is 48.5 Å². The molecule has 0 saturated carbocycles. The van der Waals surface area contributed by atoms with Crippen LogP contribution in [0.25, 0.3) is 0 Å². The number of carbonyl (C=O) groups excluding carboxylic acids is 2. The number of halogens is 3. The molecule has 0 unspecified atom stereocenters. The summed E-state index contributed by atoms with van der Waals surface area (Å²) in [6, 6.07) is 8.98. The van der Waals surface area contributed by atoms with Gasteiger partial charge < -0.3 is 4.74 Å². The number of benzene rings is 2. The first kappa shape index (κ1) is 19.7. The largest absolute Gasteiger partial charge is 0.477 e. The second-order valence-electron chi connectivity index (χ2n) is 5.09. The molecule has 2 aromatic carbocycles. The number of hydrogen-bond acceptors (Lipinski definition) is 5. The number of para-hydroxylation sites is 2. The summed E-state index contributed by atoms with van der Waals surface area (Å²) in [6.07, 6.45) is -4.61. The Morgan fingerprint density at radius 2 is 1.78 bits per heavy atom. The van der Waals surface area contributed by atoms with Crippen LogP contribution in [0.2, 0.25) is 0 Å². The van der Waals surface area contributed by atoms with Crippen LogP contribution >= 0.6 is 0 Å². The quantitative estimate of drug-likeness (QED) is 0.609. The molecule has 8 nitrogen and oxygen atoms in total. The molecular weight excluding hydrogens is 371 g/mol. The molecule has 0 radical (unpaired) electrons. The molecule has 0 aliphatic rings. The minimum Gasteiger partial charge on any atom is -0.477 e. The molecule has 2 amide bonds. The molecule has 2 N–H and O–H groups in total. The van der Waals surface area contributed by atoms with Crippen LogP contribution in [0.5, 0.6) is 5.75 Å². The zero-order chi connectivity index (χ0) is 20.0. The Bertz CT molecular complexity index is 870. The van der Waals surface area contributed by atoms with E-state index in [0.717, 1.165) is 18.2 Å². The fraction of sp³-hybridized carbons (Fsp3) is 0.125. The van der Waals surface area contributed by atoms with E-state index in [0.29, 0.717) is 6.07 Å². The molecule has 142 valence electrons. The summed E-state index contributed by atoms with van der Waals surface area (Å²) >= 11 is 0. The number of hydrogen-bond donors (Lipinski definition) is 2. The topological polar surface area (TPSA) is 111 Å². The van der Waals surface area contributed by atoms with E-state index in [9.17, 15) is 32.9 Å². The summed E-state index contributed by atoms with van der Waals surface area (Å²) < 4.78 is 42.9. The highest BCUT2D eigenvalue weighted by Crippen LogP contribution is 2.29. The molecule has 0 fully saturated rings. The SMILES string of the molecule is O=C(COc1ccccc1[N+](=O)[O-])NNC(=O)c1cccc(C(F)(F)F)c1. The Hall–Kier alpha value is -3.63. The zero-order valence-electron chi connectivity index (χ0n) is 13.4. The lowest BCUT2D eigenvalue weighted by Gasteiger charge is -2.10. The number of nitrogens with zero attached hydrogens (tertiary/aromatic N) is 1. The second kappa shape index (κ2) is 8.17. The average molecular weight is 383 g/mol. The predicted octanol–water partition coefficient (Wildman–Crippen LogP) is 2.45. The maximum atomic E-state index is 12.6. The average Bonchev–Trinajstić information content (AvgIpc) is 2.64. The Morgan fingerprint density at radius 3 is 2.44 bits per heavy atom. The third-order valence-corrected chi connectivity index (χ3v) is 3.19. The van der Waals surface area contributed by atoms with E-state index < -0.39 is 35.1 Å². The number of amides is 2. The lowest BCUT2D eigenvalue weighted by Crippen LogP contribution is -2.43. The summed E-state index contributed by atoms with van der Waals surface area (Å²) in [5.74, 6) is -1.99. The van der Waals surface area contributed by atoms with E-state index in [-0.39, 0.29) is 17.0 Å². The van der Waals surface area contributed by atoms with Gasteiger partial charge in [-0.2, -0.15) is 13.2 Å². The number of ether oxygens (including phenoxy) is 1. The first-order chi connectivity index (χ1) is 12.7. The van der Waals surface area contributed by atoms with Crippen LogP contribution in [-0.2, 0) is 11.0 Å². The van der Waals surface area contributed by atoms with Crippen LogP contribution in [0.3, 0.4) is 0 Å². The first-order valence-electron chi connectivity index (χ1n) is 7.31. The number of nitrogens with one attached hydrogen (secondary N) is 2. The van der Waals surface area contributed by atoms with E-state index in [1.165, 1.54) is 24.3 Å². The van der Waals surface area contributed by atoms with Crippen molar-refractivity contribution in [2.75, 3.05) is 6.61 Å². The number of rotatable bonds is 5. The molecule has 11 heteroatoms. The van der Waals surface area contributed by atoms with Gasteiger partial charge in [-0.3, -0.25) is 30.6 Å². The molecule has 2 aromatic rings. The van der Waals surface area contributed by atoms with Crippen molar-refractivity contribution in [2.24, 2.45) is 0 Å². The summed E-state index contributed by atoms with van der Waals surface area (Å²) in [7, 11) is 0. The van der Waals surface area contributed by atoms with Crippen molar-refractivity contribution >= 4 is 17.5 Å². The van der Waals surface area contributed by atoms with Crippen molar-refractivity contribution in [3.8, 4) is 5.75 Å². The van der Waals surface area contributed by atoms with Gasteiger partial charge in [-0.1, -0.05) is 18.2 Å². The summed E-state index contributed by atoms with van der Waals surface area (Å²) in [6.45, 7) is -0.659. The molecule has 0 atom stereocenters. The van der Waals surface area contributed by atoms with Gasteiger partial charge in [0.05, 0.1) is 10.5 Å². The van der Waals surface area contributed by atoms with E-state index in [2.05, 4.69) is 0 Å². The van der Waals surface area contributed by atoms with Crippen molar-refractivity contribution in [3.05, 3.63) is 69.8 Å². The van der Waals surface area contributed by atoms with Crippen molar-refractivity contribution in [2.45, 2.75) is 6.18 Å². The standard InChI is InChI=1S/C16H12F3N3O5/c17-16(18,19)11-5-3-4-10(8-11)15(24)21-20-14(23)9-27-13-7-2-1-6-12(13)22(25)26/h1-8H,9H2,(H,20,23)(H,21,24). The lowest BCUT2D eigenvalue weighted by atomic mass is 10.1. The molecule has 27 heavy (non-hydrogen) atoms. The third kappa shape index (κ3) is 5.42. The van der Waals surface area contributed by atoms with Gasteiger partial charge in [-0.25, -0.2) is 0 Å². The van der Waals surface area contributed by atoms with Gasteiger partial charge in [0.2, 0.25) is 0 Å². The predicted molar refractivity (Wildman–Crippen MR) is 85.6 cm³/mol. The van der Waals surface area contributed by atoms with Crippen LogP contribution < -0.4 is 15.6 Å². The number of hydrazine groups is 1. The van der Waals surface area contributed by atoms with Crippen LogP contribution in [0.1, 0.15) is 15.9 Å². The molecule has 0 aliphatic carbocycles. The van der Waals surface area contributed by atoms with Crippen molar-refractivity contribution in [3.63, 3.8) is 0 Å². The minimum absolute atomic E-state index is 0.151. The molecule has 0 spiro atoms. The maximum absolute atomic E-state index is 12.6. The maximum Gasteiger partial charge on any atom is 0.416 e. The van der Waals surface area contributed by atoms with Gasteiger partial charge in [0.1, 0.15) is 0 Å². The molecule has 0 aliphatic heterocycles. The highest BCUT2D eigenvalue weighted by Gasteiger charge is 2.30. The fourth-order valence-electron chi connectivity index (χ4n) is 1.94.